The summed E-state index contributed by atoms with van der Waals surface area (Å²) in [6, 6.07) is 2.78. The zero-order valence-electron chi connectivity index (χ0n) is 9.86. The Balaban J connectivity index is 2.92. The van der Waals surface area contributed by atoms with Crippen LogP contribution in [-0.2, 0) is 9.53 Å². The van der Waals surface area contributed by atoms with Crippen molar-refractivity contribution in [2.24, 2.45) is 0 Å². The van der Waals surface area contributed by atoms with Crippen LogP contribution in [0.25, 0.3) is 0 Å². The third-order valence-corrected chi connectivity index (χ3v) is 2.21. The normalized spacial score (nSPS) is 11.4. The van der Waals surface area contributed by atoms with Crippen molar-refractivity contribution in [1.82, 2.24) is 4.98 Å². The number of carboxylic acid groups (broad SMARTS) is 1. The topological polar surface area (TPSA) is 138 Å². The number of rotatable bonds is 6. The predicted molar refractivity (Wildman–Crippen MR) is 62.5 cm³/mol. The number of methoxy groups -OCH3 is 1. The van der Waals surface area contributed by atoms with Crippen molar-refractivity contribution >= 4 is 17.5 Å². The number of aromatic nitrogens is 1. The van der Waals surface area contributed by atoms with E-state index in [2.05, 4.69) is 15.0 Å². The second-order valence-electron chi connectivity index (χ2n) is 3.40. The molecule has 1 aromatic rings. The van der Waals surface area contributed by atoms with Crippen molar-refractivity contribution in [3.8, 4) is 6.07 Å². The Morgan fingerprint density at radius 2 is 2.47 bits per heavy atom. The minimum Gasteiger partial charge on any atom is -0.479 e. The molecule has 1 rings (SSSR count). The average Bonchev–Trinajstić information content (AvgIpc) is 2.38. The van der Waals surface area contributed by atoms with Crippen molar-refractivity contribution < 1.29 is 19.6 Å². The molecule has 9 heteroatoms. The van der Waals surface area contributed by atoms with E-state index >= 15 is 0 Å². The molecule has 1 unspecified atom stereocenters. The predicted octanol–water partition coefficient (Wildman–Crippen LogP) is 0.373. The number of hydrogen-bond donors (Lipinski definition) is 2. The number of nitrogens with one attached hydrogen (secondary N) is 1. The summed E-state index contributed by atoms with van der Waals surface area (Å²) in [7, 11) is 1.21. The lowest BCUT2D eigenvalue weighted by molar-refractivity contribution is -0.384. The van der Waals surface area contributed by atoms with E-state index in [1.807, 2.05) is 0 Å². The Morgan fingerprint density at radius 3 is 2.95 bits per heavy atom. The van der Waals surface area contributed by atoms with Crippen molar-refractivity contribution in [2.75, 3.05) is 19.0 Å². The standard InChI is InChI=1S/C10H10N4O5/c1-19-8(10(15)16)5-13-9-7(14(17)18)2-6(3-11)4-12-9/h2,4,8H,5H2,1H3,(H,12,13)(H,15,16). The zero-order valence-corrected chi connectivity index (χ0v) is 9.86. The number of nitrogens with zero attached hydrogens (tertiary/aromatic N) is 3. The molecule has 2 N–H and O–H groups in total. The summed E-state index contributed by atoms with van der Waals surface area (Å²) >= 11 is 0. The Morgan fingerprint density at radius 1 is 1.79 bits per heavy atom. The number of hydrogen-bond acceptors (Lipinski definition) is 7. The minimum atomic E-state index is -1.20. The number of anilines is 1. The van der Waals surface area contributed by atoms with Crippen LogP contribution >= 0.6 is 0 Å². The summed E-state index contributed by atoms with van der Waals surface area (Å²) in [4.78, 5) is 24.5. The third-order valence-electron chi connectivity index (χ3n) is 2.21. The largest absolute Gasteiger partial charge is 0.479 e. The summed E-state index contributed by atoms with van der Waals surface area (Å²) in [5.74, 6) is -1.32. The van der Waals surface area contributed by atoms with Gasteiger partial charge in [-0.25, -0.2) is 9.78 Å². The van der Waals surface area contributed by atoms with Crippen molar-refractivity contribution in [1.29, 1.82) is 5.26 Å². The fourth-order valence-electron chi connectivity index (χ4n) is 1.25. The van der Waals surface area contributed by atoms with Gasteiger partial charge in [-0.3, -0.25) is 10.1 Å². The lowest BCUT2D eigenvalue weighted by atomic mass is 10.2. The molecule has 0 amide bonds. The van der Waals surface area contributed by atoms with E-state index < -0.39 is 22.7 Å². The van der Waals surface area contributed by atoms with Crippen LogP contribution < -0.4 is 5.32 Å². The maximum absolute atomic E-state index is 10.8. The van der Waals surface area contributed by atoms with Gasteiger partial charge >= 0.3 is 11.7 Å². The quantitative estimate of drug-likeness (QED) is 0.556. The van der Waals surface area contributed by atoms with E-state index in [9.17, 15) is 14.9 Å². The molecule has 0 aromatic carbocycles. The Kier molecular flexibility index (Phi) is 4.73. The minimum absolute atomic E-state index is 0.0405. The van der Waals surface area contributed by atoms with Gasteiger partial charge in [-0.05, 0) is 0 Å². The fraction of sp³-hybridized carbons (Fsp3) is 0.300. The van der Waals surface area contributed by atoms with Crippen molar-refractivity contribution in [3.05, 3.63) is 27.9 Å². The molecule has 0 aliphatic heterocycles. The molecule has 0 aliphatic carbocycles. The highest BCUT2D eigenvalue weighted by Gasteiger charge is 2.20. The van der Waals surface area contributed by atoms with Gasteiger partial charge in [0.1, 0.15) is 6.07 Å². The van der Waals surface area contributed by atoms with Crippen LogP contribution in [0.4, 0.5) is 11.5 Å². The molecule has 1 atom stereocenters. The first-order valence-corrected chi connectivity index (χ1v) is 5.03. The molecule has 1 aromatic heterocycles. The number of nitriles is 1. The SMILES string of the molecule is COC(CNc1ncc(C#N)cc1[N+](=O)[O-])C(=O)O. The first kappa shape index (κ1) is 14.3. The molecule has 1 heterocycles. The summed E-state index contributed by atoms with van der Waals surface area (Å²) in [6.45, 7) is -0.189. The van der Waals surface area contributed by atoms with Crippen LogP contribution in [0, 0.1) is 21.4 Å². The zero-order chi connectivity index (χ0) is 14.4. The fourth-order valence-corrected chi connectivity index (χ4v) is 1.25. The monoisotopic (exact) mass is 266 g/mol. The van der Waals surface area contributed by atoms with Crippen LogP contribution in [-0.4, -0.2) is 40.7 Å². The van der Waals surface area contributed by atoms with Gasteiger partial charge in [0.2, 0.25) is 5.82 Å². The van der Waals surface area contributed by atoms with E-state index in [-0.39, 0.29) is 17.9 Å². The first-order chi connectivity index (χ1) is 8.99. The van der Waals surface area contributed by atoms with Crippen LogP contribution in [0.2, 0.25) is 0 Å². The number of ether oxygens (including phenoxy) is 1. The molecule has 0 radical (unpaired) electrons. The highest BCUT2D eigenvalue weighted by molar-refractivity contribution is 5.73. The van der Waals surface area contributed by atoms with Crippen molar-refractivity contribution in [2.45, 2.75) is 6.10 Å². The number of carboxylic acids is 1. The molecule has 0 saturated heterocycles. The number of pyridine rings is 1. The van der Waals surface area contributed by atoms with Gasteiger partial charge in [-0.15, -0.1) is 0 Å². The molecule has 9 nitrogen and oxygen atoms in total. The van der Waals surface area contributed by atoms with Gasteiger partial charge in [0.05, 0.1) is 17.0 Å². The van der Waals surface area contributed by atoms with Crippen LogP contribution in [0.1, 0.15) is 5.56 Å². The number of nitro groups is 1. The summed E-state index contributed by atoms with van der Waals surface area (Å²) < 4.78 is 4.67. The molecule has 100 valence electrons. The highest BCUT2D eigenvalue weighted by Crippen LogP contribution is 2.22. The Hall–Kier alpha value is -2.73. The van der Waals surface area contributed by atoms with E-state index in [0.29, 0.717) is 0 Å². The van der Waals surface area contributed by atoms with Crippen LogP contribution in [0.15, 0.2) is 12.3 Å². The highest BCUT2D eigenvalue weighted by atomic mass is 16.6. The molecule has 0 fully saturated rings. The molecular weight excluding hydrogens is 256 g/mol. The van der Waals surface area contributed by atoms with Gasteiger partial charge < -0.3 is 15.2 Å². The van der Waals surface area contributed by atoms with E-state index in [1.54, 1.807) is 6.07 Å². The molecule has 0 bridgehead atoms. The molecule has 19 heavy (non-hydrogen) atoms. The van der Waals surface area contributed by atoms with Crippen LogP contribution in [0.3, 0.4) is 0 Å². The maximum atomic E-state index is 10.8. The van der Waals surface area contributed by atoms with Gasteiger partial charge in [0, 0.05) is 19.4 Å². The maximum Gasteiger partial charge on any atom is 0.334 e. The van der Waals surface area contributed by atoms with Gasteiger partial charge in [0.25, 0.3) is 0 Å². The van der Waals surface area contributed by atoms with Gasteiger partial charge in [-0.2, -0.15) is 5.26 Å². The van der Waals surface area contributed by atoms with E-state index in [0.717, 1.165) is 12.3 Å². The van der Waals surface area contributed by atoms with E-state index in [1.165, 1.54) is 7.11 Å². The van der Waals surface area contributed by atoms with Crippen LogP contribution in [0.5, 0.6) is 0 Å². The Bertz CT molecular complexity index is 539. The number of aliphatic carboxylic acids is 1. The third kappa shape index (κ3) is 3.62. The molecular formula is C10H10N4O5. The molecule has 0 saturated carbocycles. The summed E-state index contributed by atoms with van der Waals surface area (Å²) in [6.07, 6.45) is -0.00481. The van der Waals surface area contributed by atoms with Gasteiger partial charge in [0.15, 0.2) is 6.10 Å². The molecule has 0 aliphatic rings. The Labute approximate surface area is 107 Å². The average molecular weight is 266 g/mol. The van der Waals surface area contributed by atoms with E-state index in [4.69, 9.17) is 10.4 Å². The summed E-state index contributed by atoms with van der Waals surface area (Å²) in [5.41, 5.74) is -0.363. The van der Waals surface area contributed by atoms with Gasteiger partial charge in [-0.1, -0.05) is 0 Å². The molecule has 0 spiro atoms. The number of carbonyl (C=O) groups is 1. The lowest BCUT2D eigenvalue weighted by Gasteiger charge is -2.11. The first-order valence-electron chi connectivity index (χ1n) is 5.03. The second-order valence-corrected chi connectivity index (χ2v) is 3.40. The van der Waals surface area contributed by atoms with Crippen molar-refractivity contribution in [3.63, 3.8) is 0 Å². The summed E-state index contributed by atoms with van der Waals surface area (Å²) in [5, 5.41) is 30.7. The second kappa shape index (κ2) is 6.27. The smallest absolute Gasteiger partial charge is 0.334 e. The lowest BCUT2D eigenvalue weighted by Crippen LogP contribution is -2.30.